The van der Waals surface area contributed by atoms with Gasteiger partial charge in [-0.15, -0.1) is 11.8 Å². The largest absolute Gasteiger partial charge is 0.393 e. The van der Waals surface area contributed by atoms with Crippen molar-refractivity contribution < 1.29 is 14.7 Å². The van der Waals surface area contributed by atoms with Crippen molar-refractivity contribution in [3.63, 3.8) is 0 Å². The molecule has 2 amide bonds. The van der Waals surface area contributed by atoms with E-state index in [-0.39, 0.29) is 24.5 Å². The summed E-state index contributed by atoms with van der Waals surface area (Å²) in [7, 11) is 0. The van der Waals surface area contributed by atoms with Crippen LogP contribution in [0, 0.1) is 5.92 Å². The predicted molar refractivity (Wildman–Crippen MR) is 60.8 cm³/mol. The molecular formula is C10H16N2O3S. The Morgan fingerprint density at radius 3 is 2.88 bits per heavy atom. The van der Waals surface area contributed by atoms with Gasteiger partial charge in [-0.25, -0.2) is 0 Å². The molecule has 2 rings (SSSR count). The van der Waals surface area contributed by atoms with Crippen molar-refractivity contribution in [3.8, 4) is 0 Å². The summed E-state index contributed by atoms with van der Waals surface area (Å²) >= 11 is 1.54. The van der Waals surface area contributed by atoms with Crippen LogP contribution < -0.4 is 5.32 Å². The van der Waals surface area contributed by atoms with Gasteiger partial charge in [0.1, 0.15) is 6.54 Å². The topological polar surface area (TPSA) is 69.6 Å². The average molecular weight is 244 g/mol. The molecule has 5 nitrogen and oxygen atoms in total. The lowest BCUT2D eigenvalue weighted by molar-refractivity contribution is -0.132. The molecule has 0 spiro atoms. The van der Waals surface area contributed by atoms with E-state index in [1.54, 1.807) is 4.90 Å². The molecular weight excluding hydrogens is 228 g/mol. The van der Waals surface area contributed by atoms with E-state index >= 15 is 0 Å². The molecule has 0 aromatic heterocycles. The minimum Gasteiger partial charge on any atom is -0.393 e. The third-order valence-corrected chi connectivity index (χ3v) is 3.90. The molecule has 1 saturated heterocycles. The van der Waals surface area contributed by atoms with Gasteiger partial charge in [-0.3, -0.25) is 9.59 Å². The van der Waals surface area contributed by atoms with E-state index in [1.165, 1.54) is 11.8 Å². The summed E-state index contributed by atoms with van der Waals surface area (Å²) in [5.74, 6) is 1.45. The Hall–Kier alpha value is -0.750. The SMILES string of the molecule is O=C(CN1CSCC1=O)NCC1CC(O)C1. The van der Waals surface area contributed by atoms with E-state index in [0.717, 1.165) is 12.8 Å². The molecule has 1 aliphatic carbocycles. The maximum Gasteiger partial charge on any atom is 0.239 e. The van der Waals surface area contributed by atoms with E-state index in [1.807, 2.05) is 0 Å². The van der Waals surface area contributed by atoms with Crippen LogP contribution in [-0.4, -0.2) is 52.6 Å². The smallest absolute Gasteiger partial charge is 0.239 e. The molecule has 0 unspecified atom stereocenters. The number of aliphatic hydroxyl groups is 1. The van der Waals surface area contributed by atoms with Gasteiger partial charge in [-0.1, -0.05) is 0 Å². The van der Waals surface area contributed by atoms with Gasteiger partial charge < -0.3 is 15.3 Å². The predicted octanol–water partition coefficient (Wildman–Crippen LogP) is -0.594. The molecule has 2 fully saturated rings. The monoisotopic (exact) mass is 244 g/mol. The summed E-state index contributed by atoms with van der Waals surface area (Å²) < 4.78 is 0. The van der Waals surface area contributed by atoms with Gasteiger partial charge in [-0.05, 0) is 18.8 Å². The second-order valence-corrected chi connectivity index (χ2v) is 5.32. The fourth-order valence-electron chi connectivity index (χ4n) is 1.89. The Kier molecular flexibility index (Phi) is 3.70. The third kappa shape index (κ3) is 2.89. The summed E-state index contributed by atoms with van der Waals surface area (Å²) in [5, 5.41) is 11.9. The zero-order valence-corrected chi connectivity index (χ0v) is 9.83. The molecule has 6 heteroatoms. The molecule has 1 saturated carbocycles. The van der Waals surface area contributed by atoms with Crippen molar-refractivity contribution in [1.29, 1.82) is 0 Å². The molecule has 0 bridgehead atoms. The molecule has 0 atom stereocenters. The highest BCUT2D eigenvalue weighted by atomic mass is 32.2. The van der Waals surface area contributed by atoms with Gasteiger partial charge in [0, 0.05) is 6.54 Å². The van der Waals surface area contributed by atoms with Crippen LogP contribution in [0.3, 0.4) is 0 Å². The zero-order chi connectivity index (χ0) is 11.5. The number of nitrogens with one attached hydrogen (secondary N) is 1. The lowest BCUT2D eigenvalue weighted by Crippen LogP contribution is -2.43. The standard InChI is InChI=1S/C10H16N2O3S/c13-8-1-7(2-8)3-11-9(14)4-12-6-16-5-10(12)15/h7-8,13H,1-6H2,(H,11,14). The van der Waals surface area contributed by atoms with Gasteiger partial charge in [0.25, 0.3) is 0 Å². The minimum atomic E-state index is -0.182. The summed E-state index contributed by atoms with van der Waals surface area (Å²) in [6.07, 6.45) is 1.37. The number of carbonyl (C=O) groups excluding carboxylic acids is 2. The fourth-order valence-corrected chi connectivity index (χ4v) is 2.80. The van der Waals surface area contributed by atoms with Crippen LogP contribution in [0.4, 0.5) is 0 Å². The number of amides is 2. The quantitative estimate of drug-likeness (QED) is 0.693. The van der Waals surface area contributed by atoms with E-state index in [0.29, 0.717) is 24.1 Å². The normalized spacial score (nSPS) is 29.1. The molecule has 0 radical (unpaired) electrons. The van der Waals surface area contributed by atoms with Crippen molar-refractivity contribution in [3.05, 3.63) is 0 Å². The molecule has 90 valence electrons. The van der Waals surface area contributed by atoms with E-state index < -0.39 is 0 Å². The number of aliphatic hydroxyl groups excluding tert-OH is 1. The molecule has 1 heterocycles. The second kappa shape index (κ2) is 5.05. The number of hydrogen-bond donors (Lipinski definition) is 2. The van der Waals surface area contributed by atoms with Crippen LogP contribution in [0.2, 0.25) is 0 Å². The van der Waals surface area contributed by atoms with Crippen LogP contribution in [0.1, 0.15) is 12.8 Å². The Morgan fingerprint density at radius 1 is 1.56 bits per heavy atom. The maximum atomic E-state index is 11.5. The van der Waals surface area contributed by atoms with Gasteiger partial charge in [-0.2, -0.15) is 0 Å². The molecule has 2 N–H and O–H groups in total. The Labute approximate surface area is 98.6 Å². The van der Waals surface area contributed by atoms with Gasteiger partial charge in [0.05, 0.1) is 17.7 Å². The lowest BCUT2D eigenvalue weighted by atomic mass is 9.82. The zero-order valence-electron chi connectivity index (χ0n) is 9.02. The summed E-state index contributed by atoms with van der Waals surface area (Å²) in [6, 6.07) is 0. The summed E-state index contributed by atoms with van der Waals surface area (Å²) in [5.41, 5.74) is 0. The Morgan fingerprint density at radius 2 is 2.31 bits per heavy atom. The Balaban J connectivity index is 1.62. The first kappa shape index (κ1) is 11.7. The van der Waals surface area contributed by atoms with Crippen LogP contribution in [0.15, 0.2) is 0 Å². The van der Waals surface area contributed by atoms with Crippen molar-refractivity contribution in [2.45, 2.75) is 18.9 Å². The van der Waals surface area contributed by atoms with Crippen molar-refractivity contribution >= 4 is 23.6 Å². The van der Waals surface area contributed by atoms with Crippen molar-refractivity contribution in [2.75, 3.05) is 24.7 Å². The second-order valence-electron chi connectivity index (χ2n) is 4.36. The van der Waals surface area contributed by atoms with Gasteiger partial charge >= 0.3 is 0 Å². The number of carbonyl (C=O) groups is 2. The van der Waals surface area contributed by atoms with E-state index in [4.69, 9.17) is 5.11 Å². The van der Waals surface area contributed by atoms with Crippen LogP contribution in [-0.2, 0) is 9.59 Å². The van der Waals surface area contributed by atoms with Crippen molar-refractivity contribution in [2.24, 2.45) is 5.92 Å². The minimum absolute atomic E-state index is 0.0409. The summed E-state index contributed by atoms with van der Waals surface area (Å²) in [6.45, 7) is 0.784. The Bertz CT molecular complexity index is 292. The lowest BCUT2D eigenvalue weighted by Gasteiger charge is -2.31. The average Bonchev–Trinajstić information content (AvgIpc) is 2.58. The van der Waals surface area contributed by atoms with Crippen LogP contribution in [0.5, 0.6) is 0 Å². The third-order valence-electron chi connectivity index (χ3n) is 2.96. The highest BCUT2D eigenvalue weighted by Crippen LogP contribution is 2.26. The number of thioether (sulfide) groups is 1. The van der Waals surface area contributed by atoms with Crippen molar-refractivity contribution in [1.82, 2.24) is 10.2 Å². The highest BCUT2D eigenvalue weighted by molar-refractivity contribution is 8.00. The van der Waals surface area contributed by atoms with Gasteiger partial charge in [0.15, 0.2) is 0 Å². The number of rotatable bonds is 4. The van der Waals surface area contributed by atoms with E-state index in [9.17, 15) is 9.59 Å². The number of hydrogen-bond acceptors (Lipinski definition) is 4. The summed E-state index contributed by atoms with van der Waals surface area (Å²) in [4.78, 5) is 24.3. The first-order valence-corrected chi connectivity index (χ1v) is 6.61. The molecule has 16 heavy (non-hydrogen) atoms. The first-order chi connectivity index (χ1) is 7.65. The maximum absolute atomic E-state index is 11.5. The molecule has 0 aromatic carbocycles. The molecule has 1 aliphatic heterocycles. The van der Waals surface area contributed by atoms with E-state index in [2.05, 4.69) is 5.32 Å². The fraction of sp³-hybridized carbons (Fsp3) is 0.800. The first-order valence-electron chi connectivity index (χ1n) is 5.45. The molecule has 2 aliphatic rings. The molecule has 0 aromatic rings. The van der Waals surface area contributed by atoms with Crippen LogP contribution >= 0.6 is 11.8 Å². The van der Waals surface area contributed by atoms with Gasteiger partial charge in [0.2, 0.25) is 11.8 Å². The number of nitrogens with zero attached hydrogens (tertiary/aromatic N) is 1. The highest BCUT2D eigenvalue weighted by Gasteiger charge is 2.28. The van der Waals surface area contributed by atoms with Crippen LogP contribution in [0.25, 0.3) is 0 Å².